The van der Waals surface area contributed by atoms with Crippen LogP contribution in [0.3, 0.4) is 0 Å². The first-order valence-corrected chi connectivity index (χ1v) is 6.53. The van der Waals surface area contributed by atoms with Gasteiger partial charge in [-0.15, -0.1) is 0 Å². The molecule has 0 fully saturated rings. The van der Waals surface area contributed by atoms with Gasteiger partial charge >= 0.3 is 0 Å². The predicted molar refractivity (Wildman–Crippen MR) is 80.0 cm³/mol. The fraction of sp³-hybridized carbons (Fsp3) is 0.308. The quantitative estimate of drug-likeness (QED) is 0.812. The van der Waals surface area contributed by atoms with E-state index in [1.54, 1.807) is 6.07 Å². The summed E-state index contributed by atoms with van der Waals surface area (Å²) in [6, 6.07) is 5.58. The predicted octanol–water partition coefficient (Wildman–Crippen LogP) is 1.62. The fourth-order valence-corrected chi connectivity index (χ4v) is 2.00. The summed E-state index contributed by atoms with van der Waals surface area (Å²) in [7, 11) is 1.92. The molecule has 2 aromatic rings. The van der Waals surface area contributed by atoms with E-state index in [1.807, 2.05) is 30.1 Å². The molecule has 19 heavy (non-hydrogen) atoms. The van der Waals surface area contributed by atoms with Crippen LogP contribution in [0.25, 0.3) is 0 Å². The lowest BCUT2D eigenvalue weighted by molar-refractivity contribution is 0.746. The van der Waals surface area contributed by atoms with Crippen molar-refractivity contribution in [1.82, 2.24) is 14.8 Å². The molecule has 6 heteroatoms. The minimum absolute atomic E-state index is 0.305. The Kier molecular flexibility index (Phi) is 4.11. The Hall–Kier alpha value is -1.95. The Labute approximate surface area is 117 Å². The van der Waals surface area contributed by atoms with E-state index in [0.29, 0.717) is 17.2 Å². The molecule has 0 amide bonds. The van der Waals surface area contributed by atoms with Crippen LogP contribution in [0.5, 0.6) is 0 Å². The Morgan fingerprint density at radius 2 is 2.26 bits per heavy atom. The minimum atomic E-state index is 0.305. The monoisotopic (exact) mass is 275 g/mol. The lowest BCUT2D eigenvalue weighted by Crippen LogP contribution is -2.12. The van der Waals surface area contributed by atoms with Crippen molar-refractivity contribution in [3.05, 3.63) is 41.3 Å². The summed E-state index contributed by atoms with van der Waals surface area (Å²) < 4.78 is 1.83. The van der Waals surface area contributed by atoms with E-state index in [0.717, 1.165) is 17.9 Å². The van der Waals surface area contributed by atoms with Crippen molar-refractivity contribution in [2.45, 2.75) is 19.9 Å². The van der Waals surface area contributed by atoms with Gasteiger partial charge in [-0.25, -0.2) is 4.98 Å². The molecule has 0 aliphatic rings. The normalized spacial score (nSPS) is 10.4. The summed E-state index contributed by atoms with van der Waals surface area (Å²) in [4.78, 5) is 4.65. The SMILES string of the molecule is CCc1nn(C)cc1CNc1cccc(C(N)=S)n1. The second-order valence-corrected chi connectivity index (χ2v) is 4.69. The number of nitrogens with two attached hydrogens (primary N) is 1. The van der Waals surface area contributed by atoms with Crippen LogP contribution in [0.2, 0.25) is 0 Å². The van der Waals surface area contributed by atoms with Crippen molar-refractivity contribution in [2.75, 3.05) is 5.32 Å². The van der Waals surface area contributed by atoms with Gasteiger partial charge in [0.1, 0.15) is 10.8 Å². The van der Waals surface area contributed by atoms with E-state index < -0.39 is 0 Å². The number of nitrogens with one attached hydrogen (secondary N) is 1. The van der Waals surface area contributed by atoms with Crippen LogP contribution in [0.15, 0.2) is 24.4 Å². The second kappa shape index (κ2) is 5.79. The number of hydrogen-bond acceptors (Lipinski definition) is 4. The van der Waals surface area contributed by atoms with Crippen LogP contribution in [0, 0.1) is 0 Å². The first kappa shape index (κ1) is 13.5. The number of thiocarbonyl (C=S) groups is 1. The largest absolute Gasteiger partial charge is 0.388 e. The van der Waals surface area contributed by atoms with Crippen LogP contribution in [-0.2, 0) is 20.0 Å². The third-order valence-electron chi connectivity index (χ3n) is 2.79. The molecule has 0 unspecified atom stereocenters. The van der Waals surface area contributed by atoms with E-state index in [-0.39, 0.29) is 0 Å². The van der Waals surface area contributed by atoms with Crippen molar-refractivity contribution in [2.24, 2.45) is 12.8 Å². The van der Waals surface area contributed by atoms with E-state index in [4.69, 9.17) is 18.0 Å². The number of aromatic nitrogens is 3. The van der Waals surface area contributed by atoms with Crippen LogP contribution in [0.1, 0.15) is 23.9 Å². The topological polar surface area (TPSA) is 68.8 Å². The van der Waals surface area contributed by atoms with Gasteiger partial charge in [-0.3, -0.25) is 4.68 Å². The highest BCUT2D eigenvalue weighted by Crippen LogP contribution is 2.11. The number of hydrogen-bond donors (Lipinski definition) is 2. The van der Waals surface area contributed by atoms with E-state index in [9.17, 15) is 0 Å². The summed E-state index contributed by atoms with van der Waals surface area (Å²) in [6.07, 6.45) is 2.93. The van der Waals surface area contributed by atoms with Gasteiger partial charge in [0, 0.05) is 25.4 Å². The molecule has 2 heterocycles. The molecule has 0 aromatic carbocycles. The molecule has 0 atom stereocenters. The zero-order valence-corrected chi connectivity index (χ0v) is 11.9. The standard InChI is InChI=1S/C13H17N5S/c1-3-10-9(8-18(2)17-10)7-15-12-6-4-5-11(16-12)13(14)19/h4-6,8H,3,7H2,1-2H3,(H2,14,19)(H,15,16). The molecule has 0 saturated carbocycles. The van der Waals surface area contributed by atoms with Crippen LogP contribution in [-0.4, -0.2) is 19.8 Å². The zero-order valence-electron chi connectivity index (χ0n) is 11.1. The average Bonchev–Trinajstić information content (AvgIpc) is 2.77. The molecule has 5 nitrogen and oxygen atoms in total. The Morgan fingerprint density at radius 3 is 2.95 bits per heavy atom. The minimum Gasteiger partial charge on any atom is -0.388 e. The van der Waals surface area contributed by atoms with E-state index in [2.05, 4.69) is 22.3 Å². The molecule has 0 aliphatic carbocycles. The molecule has 2 aromatic heterocycles. The van der Waals surface area contributed by atoms with Gasteiger partial charge in [0.15, 0.2) is 0 Å². The van der Waals surface area contributed by atoms with Gasteiger partial charge in [0.25, 0.3) is 0 Å². The molecular weight excluding hydrogens is 258 g/mol. The van der Waals surface area contributed by atoms with Crippen molar-refractivity contribution in [3.63, 3.8) is 0 Å². The molecule has 0 saturated heterocycles. The van der Waals surface area contributed by atoms with E-state index in [1.165, 1.54) is 5.56 Å². The molecule has 100 valence electrons. The number of rotatable bonds is 5. The molecule has 0 radical (unpaired) electrons. The summed E-state index contributed by atoms with van der Waals surface area (Å²) in [6.45, 7) is 2.78. The summed E-state index contributed by atoms with van der Waals surface area (Å²) >= 11 is 4.92. The van der Waals surface area contributed by atoms with Crippen molar-refractivity contribution < 1.29 is 0 Å². The van der Waals surface area contributed by atoms with Gasteiger partial charge in [0.05, 0.1) is 11.4 Å². The number of aryl methyl sites for hydroxylation is 2. The third-order valence-corrected chi connectivity index (χ3v) is 3.00. The molecule has 3 N–H and O–H groups in total. The summed E-state index contributed by atoms with van der Waals surface area (Å²) in [5.74, 6) is 0.760. The maximum Gasteiger partial charge on any atom is 0.127 e. The number of nitrogens with zero attached hydrogens (tertiary/aromatic N) is 3. The van der Waals surface area contributed by atoms with Gasteiger partial charge < -0.3 is 11.1 Å². The number of anilines is 1. The van der Waals surface area contributed by atoms with Crippen LogP contribution >= 0.6 is 12.2 Å². The number of pyridine rings is 1. The van der Waals surface area contributed by atoms with E-state index >= 15 is 0 Å². The molecular formula is C13H17N5S. The third kappa shape index (κ3) is 3.29. The van der Waals surface area contributed by atoms with Crippen molar-refractivity contribution in [3.8, 4) is 0 Å². The molecule has 0 bridgehead atoms. The van der Waals surface area contributed by atoms with Gasteiger partial charge in [-0.1, -0.05) is 25.2 Å². The van der Waals surface area contributed by atoms with Crippen LogP contribution in [0.4, 0.5) is 5.82 Å². The smallest absolute Gasteiger partial charge is 0.127 e. The van der Waals surface area contributed by atoms with Gasteiger partial charge in [0.2, 0.25) is 0 Å². The average molecular weight is 275 g/mol. The maximum atomic E-state index is 5.57. The summed E-state index contributed by atoms with van der Waals surface area (Å²) in [5, 5.41) is 7.67. The maximum absolute atomic E-state index is 5.57. The highest BCUT2D eigenvalue weighted by molar-refractivity contribution is 7.80. The molecule has 2 rings (SSSR count). The Morgan fingerprint density at radius 1 is 1.47 bits per heavy atom. The zero-order chi connectivity index (χ0) is 13.8. The lowest BCUT2D eigenvalue weighted by Gasteiger charge is -2.06. The fourth-order valence-electron chi connectivity index (χ4n) is 1.89. The molecule has 0 aliphatic heterocycles. The first-order valence-electron chi connectivity index (χ1n) is 6.12. The lowest BCUT2D eigenvalue weighted by atomic mass is 10.2. The first-order chi connectivity index (χ1) is 9.10. The highest BCUT2D eigenvalue weighted by Gasteiger charge is 2.06. The van der Waals surface area contributed by atoms with Gasteiger partial charge in [-0.05, 0) is 18.6 Å². The van der Waals surface area contributed by atoms with Crippen molar-refractivity contribution >= 4 is 23.0 Å². The Bertz CT molecular complexity index is 590. The Balaban J connectivity index is 2.09. The second-order valence-electron chi connectivity index (χ2n) is 4.25. The summed E-state index contributed by atoms with van der Waals surface area (Å²) in [5.41, 5.74) is 8.46. The molecule has 0 spiro atoms. The van der Waals surface area contributed by atoms with Crippen LogP contribution < -0.4 is 11.1 Å². The van der Waals surface area contributed by atoms with Gasteiger partial charge in [-0.2, -0.15) is 5.10 Å². The highest BCUT2D eigenvalue weighted by atomic mass is 32.1. The van der Waals surface area contributed by atoms with Crippen molar-refractivity contribution in [1.29, 1.82) is 0 Å².